The molecule has 1 aliphatic heterocycles. The van der Waals surface area contributed by atoms with Crippen LogP contribution in [0.5, 0.6) is 0 Å². The van der Waals surface area contributed by atoms with Crippen molar-refractivity contribution in [2.45, 2.75) is 129 Å². The van der Waals surface area contributed by atoms with Crippen molar-refractivity contribution in [3.63, 3.8) is 0 Å². The SMILES string of the molecule is C[Si](C)(C)OCC1O[C@@H](O[Si](C)(C)C)C(O[Si](C)(C)C)C(O[Si](C)(C)C)[C@@H]1O[Si](C)(C)C. The quantitative estimate of drug-likeness (QED) is 0.296. The van der Waals surface area contributed by atoms with Crippen molar-refractivity contribution in [1.82, 2.24) is 0 Å². The maximum absolute atomic E-state index is 6.85. The largest absolute Gasteiger partial charge is 0.415 e. The zero-order valence-electron chi connectivity index (χ0n) is 23.5. The highest BCUT2D eigenvalue weighted by molar-refractivity contribution is 6.71. The monoisotopic (exact) mass is 540 g/mol. The molecule has 0 saturated carbocycles. The fraction of sp³-hybridized carbons (Fsp3) is 1.00. The lowest BCUT2D eigenvalue weighted by molar-refractivity contribution is -0.268. The summed E-state index contributed by atoms with van der Waals surface area (Å²) in [5.74, 6) is 0. The molecular formula is C21H52O6Si5. The molecule has 11 heteroatoms. The summed E-state index contributed by atoms with van der Waals surface area (Å²) in [6.45, 7) is 33.6. The highest BCUT2D eigenvalue weighted by atomic mass is 28.4. The van der Waals surface area contributed by atoms with Crippen molar-refractivity contribution in [1.29, 1.82) is 0 Å². The normalized spacial score (nSPS) is 28.8. The second-order valence-corrected chi connectivity index (χ2v) is 36.1. The Morgan fingerprint density at radius 3 is 1.22 bits per heavy atom. The van der Waals surface area contributed by atoms with E-state index in [2.05, 4.69) is 98.2 Å². The van der Waals surface area contributed by atoms with E-state index >= 15 is 0 Å². The molecule has 0 radical (unpaired) electrons. The van der Waals surface area contributed by atoms with Crippen LogP contribution in [0.15, 0.2) is 0 Å². The van der Waals surface area contributed by atoms with Gasteiger partial charge in [-0.1, -0.05) is 0 Å². The smallest absolute Gasteiger partial charge is 0.187 e. The lowest BCUT2D eigenvalue weighted by Crippen LogP contribution is -2.67. The van der Waals surface area contributed by atoms with Gasteiger partial charge in [-0.25, -0.2) is 0 Å². The van der Waals surface area contributed by atoms with Crippen molar-refractivity contribution in [2.24, 2.45) is 0 Å². The van der Waals surface area contributed by atoms with Gasteiger partial charge in [0.15, 0.2) is 47.9 Å². The van der Waals surface area contributed by atoms with Crippen LogP contribution in [0, 0.1) is 0 Å². The van der Waals surface area contributed by atoms with E-state index in [0.29, 0.717) is 6.61 Å². The topological polar surface area (TPSA) is 55.4 Å². The zero-order valence-corrected chi connectivity index (χ0v) is 28.5. The minimum absolute atomic E-state index is 0.243. The Morgan fingerprint density at radius 1 is 0.469 bits per heavy atom. The van der Waals surface area contributed by atoms with Crippen LogP contribution in [0.2, 0.25) is 98.2 Å². The van der Waals surface area contributed by atoms with Crippen LogP contribution in [-0.4, -0.2) is 78.9 Å². The molecule has 0 N–H and O–H groups in total. The number of ether oxygens (including phenoxy) is 1. The highest BCUT2D eigenvalue weighted by Crippen LogP contribution is 2.35. The van der Waals surface area contributed by atoms with Gasteiger partial charge in [0.05, 0.1) is 6.61 Å². The lowest BCUT2D eigenvalue weighted by Gasteiger charge is -2.51. The molecule has 32 heavy (non-hydrogen) atoms. The van der Waals surface area contributed by atoms with E-state index in [1.165, 1.54) is 0 Å². The van der Waals surface area contributed by atoms with Gasteiger partial charge in [0.1, 0.15) is 24.4 Å². The summed E-state index contributed by atoms with van der Waals surface area (Å²) >= 11 is 0. The molecule has 1 aliphatic rings. The molecule has 0 aromatic heterocycles. The molecule has 0 aromatic carbocycles. The third-order valence-corrected chi connectivity index (χ3v) is 9.12. The van der Waals surface area contributed by atoms with Gasteiger partial charge in [0, 0.05) is 0 Å². The summed E-state index contributed by atoms with van der Waals surface area (Å²) < 4.78 is 39.9. The van der Waals surface area contributed by atoms with E-state index in [-0.39, 0.29) is 24.4 Å². The van der Waals surface area contributed by atoms with Crippen LogP contribution in [0.4, 0.5) is 0 Å². The van der Waals surface area contributed by atoms with Crippen LogP contribution in [-0.2, 0) is 26.9 Å². The summed E-state index contributed by atoms with van der Waals surface area (Å²) in [6.07, 6.45) is -1.54. The molecule has 1 fully saturated rings. The molecule has 0 bridgehead atoms. The molecule has 5 atom stereocenters. The molecule has 6 nitrogen and oxygen atoms in total. The molecule has 0 aromatic rings. The molecule has 0 amide bonds. The van der Waals surface area contributed by atoms with E-state index in [9.17, 15) is 0 Å². The molecule has 192 valence electrons. The van der Waals surface area contributed by atoms with Crippen molar-refractivity contribution in [2.75, 3.05) is 6.61 Å². The molecule has 1 saturated heterocycles. The van der Waals surface area contributed by atoms with Crippen LogP contribution < -0.4 is 0 Å². The van der Waals surface area contributed by atoms with Gasteiger partial charge >= 0.3 is 0 Å². The Bertz CT molecular complexity index is 586. The maximum atomic E-state index is 6.85. The Morgan fingerprint density at radius 2 is 0.844 bits per heavy atom. The summed E-state index contributed by atoms with van der Waals surface area (Å²) in [7, 11) is -9.37. The van der Waals surface area contributed by atoms with Crippen LogP contribution in [0.1, 0.15) is 0 Å². The van der Waals surface area contributed by atoms with Gasteiger partial charge in [-0.15, -0.1) is 0 Å². The Labute approximate surface area is 203 Å². The first-order valence-electron chi connectivity index (χ1n) is 12.0. The molecule has 0 aliphatic carbocycles. The molecule has 1 rings (SSSR count). The first-order valence-corrected chi connectivity index (χ1v) is 29.0. The van der Waals surface area contributed by atoms with Gasteiger partial charge in [0.2, 0.25) is 0 Å². The Hall–Kier alpha value is 0.844. The van der Waals surface area contributed by atoms with Crippen molar-refractivity contribution < 1.29 is 26.9 Å². The van der Waals surface area contributed by atoms with Crippen LogP contribution in [0.3, 0.4) is 0 Å². The molecule has 0 spiro atoms. The van der Waals surface area contributed by atoms with Gasteiger partial charge in [0.25, 0.3) is 0 Å². The zero-order chi connectivity index (χ0) is 25.3. The van der Waals surface area contributed by atoms with Crippen molar-refractivity contribution in [3.05, 3.63) is 0 Å². The van der Waals surface area contributed by atoms with E-state index in [0.717, 1.165) is 0 Å². The van der Waals surface area contributed by atoms with Crippen molar-refractivity contribution >= 4 is 41.6 Å². The Kier molecular flexibility index (Phi) is 10.5. The van der Waals surface area contributed by atoms with Gasteiger partial charge in [-0.05, 0) is 98.2 Å². The first-order chi connectivity index (χ1) is 14.0. The van der Waals surface area contributed by atoms with Crippen LogP contribution in [0.25, 0.3) is 0 Å². The predicted octanol–water partition coefficient (Wildman–Crippen LogP) is 6.07. The minimum Gasteiger partial charge on any atom is -0.415 e. The molecular weight excluding hydrogens is 489 g/mol. The Balaban J connectivity index is 3.50. The predicted molar refractivity (Wildman–Crippen MR) is 147 cm³/mol. The van der Waals surface area contributed by atoms with E-state index < -0.39 is 47.9 Å². The lowest BCUT2D eigenvalue weighted by atomic mass is 9.99. The third kappa shape index (κ3) is 12.5. The average molecular weight is 541 g/mol. The molecule has 1 heterocycles. The van der Waals surface area contributed by atoms with Gasteiger partial charge in [-0.3, -0.25) is 0 Å². The average Bonchev–Trinajstić information content (AvgIpc) is 2.45. The third-order valence-electron chi connectivity index (χ3n) is 4.21. The van der Waals surface area contributed by atoms with Gasteiger partial charge in [-0.2, -0.15) is 0 Å². The standard InChI is InChI=1S/C21H52O6Si5/c1-28(2,3)22-16-17-18(24-29(4,5)6)19(25-30(7,8)9)20(26-31(10,11)12)21(23-17)27-32(13,14)15/h17-21H,16H2,1-15H3/t17?,18-,19?,20?,21+/m1/s1. The summed E-state index contributed by atoms with van der Waals surface area (Å²) in [4.78, 5) is 0. The fourth-order valence-corrected chi connectivity index (χ4v) is 8.21. The van der Waals surface area contributed by atoms with Crippen molar-refractivity contribution in [3.8, 4) is 0 Å². The second-order valence-electron chi connectivity index (χ2n) is 13.8. The molecule has 3 unspecified atom stereocenters. The van der Waals surface area contributed by atoms with E-state index in [1.807, 2.05) is 0 Å². The summed E-state index contributed by atoms with van der Waals surface area (Å²) in [6, 6.07) is 0. The highest BCUT2D eigenvalue weighted by Gasteiger charge is 2.52. The van der Waals surface area contributed by atoms with E-state index in [1.54, 1.807) is 0 Å². The van der Waals surface area contributed by atoms with Crippen LogP contribution >= 0.6 is 0 Å². The van der Waals surface area contributed by atoms with Gasteiger partial charge < -0.3 is 26.9 Å². The number of hydrogen-bond donors (Lipinski definition) is 0. The first kappa shape index (κ1) is 30.9. The summed E-state index contributed by atoms with van der Waals surface area (Å²) in [5.41, 5.74) is 0. The number of rotatable bonds is 11. The maximum Gasteiger partial charge on any atom is 0.187 e. The fourth-order valence-electron chi connectivity index (χ4n) is 3.41. The summed E-state index contributed by atoms with van der Waals surface area (Å²) in [5, 5.41) is 0. The number of hydrogen-bond acceptors (Lipinski definition) is 6. The second kappa shape index (κ2) is 10.8. The van der Waals surface area contributed by atoms with E-state index in [4.69, 9.17) is 26.9 Å². The minimum atomic E-state index is -1.92.